The van der Waals surface area contributed by atoms with Crippen LogP contribution in [-0.4, -0.2) is 30.6 Å². The van der Waals surface area contributed by atoms with Crippen LogP contribution in [0.25, 0.3) is 6.08 Å². The van der Waals surface area contributed by atoms with Gasteiger partial charge in [0.2, 0.25) is 11.8 Å². The van der Waals surface area contributed by atoms with Gasteiger partial charge >= 0.3 is 0 Å². The molecule has 0 aliphatic carbocycles. The van der Waals surface area contributed by atoms with Crippen LogP contribution in [0.2, 0.25) is 0 Å². The summed E-state index contributed by atoms with van der Waals surface area (Å²) in [6.07, 6.45) is 5.20. The molecule has 2 rings (SSSR count). The first kappa shape index (κ1) is 15.3. The van der Waals surface area contributed by atoms with Crippen LogP contribution in [0.1, 0.15) is 24.8 Å². The Morgan fingerprint density at radius 1 is 1.38 bits per heavy atom. The highest BCUT2D eigenvalue weighted by atomic mass is 16.5. The van der Waals surface area contributed by atoms with E-state index in [0.717, 1.165) is 12.0 Å². The number of nitrogens with one attached hydrogen (secondary N) is 1. The van der Waals surface area contributed by atoms with Gasteiger partial charge in [-0.3, -0.25) is 9.59 Å². The van der Waals surface area contributed by atoms with E-state index < -0.39 is 18.1 Å². The first-order valence-corrected chi connectivity index (χ1v) is 7.09. The molecule has 1 aliphatic rings. The molecule has 0 saturated carbocycles. The van der Waals surface area contributed by atoms with E-state index in [1.807, 2.05) is 42.5 Å². The van der Waals surface area contributed by atoms with Gasteiger partial charge in [0.25, 0.3) is 0 Å². The number of carbonyl (C=O) groups is 2. The highest BCUT2D eigenvalue weighted by Crippen LogP contribution is 2.12. The van der Waals surface area contributed by atoms with Gasteiger partial charge in [-0.05, 0) is 24.8 Å². The van der Waals surface area contributed by atoms with Gasteiger partial charge in [-0.15, -0.1) is 0 Å². The Morgan fingerprint density at radius 2 is 2.14 bits per heavy atom. The van der Waals surface area contributed by atoms with Crippen LogP contribution < -0.4 is 11.1 Å². The van der Waals surface area contributed by atoms with Crippen molar-refractivity contribution in [2.45, 2.75) is 31.4 Å². The number of benzene rings is 1. The van der Waals surface area contributed by atoms with Crippen molar-refractivity contribution >= 4 is 17.9 Å². The minimum atomic E-state index is -0.707. The van der Waals surface area contributed by atoms with Gasteiger partial charge in [-0.2, -0.15) is 0 Å². The Hall–Kier alpha value is -2.14. The molecule has 1 heterocycles. The lowest BCUT2D eigenvalue weighted by molar-refractivity contribution is -0.133. The largest absolute Gasteiger partial charge is 0.368 e. The summed E-state index contributed by atoms with van der Waals surface area (Å²) in [4.78, 5) is 23.4. The molecule has 21 heavy (non-hydrogen) atoms. The number of amides is 2. The lowest BCUT2D eigenvalue weighted by atomic mass is 10.1. The van der Waals surface area contributed by atoms with E-state index in [2.05, 4.69) is 5.32 Å². The van der Waals surface area contributed by atoms with Gasteiger partial charge in [0, 0.05) is 6.61 Å². The molecule has 5 nitrogen and oxygen atoms in total. The van der Waals surface area contributed by atoms with E-state index in [-0.39, 0.29) is 5.91 Å². The molecule has 0 spiro atoms. The highest BCUT2D eigenvalue weighted by Gasteiger charge is 2.26. The molecule has 0 radical (unpaired) electrons. The molecule has 1 aromatic carbocycles. The Morgan fingerprint density at radius 3 is 2.76 bits per heavy atom. The van der Waals surface area contributed by atoms with Crippen molar-refractivity contribution in [1.82, 2.24) is 5.32 Å². The molecule has 1 saturated heterocycles. The molecular formula is C16H20N2O3. The lowest BCUT2D eigenvalue weighted by Gasteiger charge is -2.16. The molecule has 1 fully saturated rings. The van der Waals surface area contributed by atoms with Crippen LogP contribution in [0.5, 0.6) is 0 Å². The van der Waals surface area contributed by atoms with Crippen molar-refractivity contribution in [3.63, 3.8) is 0 Å². The second-order valence-corrected chi connectivity index (χ2v) is 5.01. The second-order valence-electron chi connectivity index (χ2n) is 5.01. The third-order valence-electron chi connectivity index (χ3n) is 3.36. The van der Waals surface area contributed by atoms with Crippen LogP contribution in [-0.2, 0) is 14.3 Å². The monoisotopic (exact) mass is 288 g/mol. The number of primary amides is 1. The summed E-state index contributed by atoms with van der Waals surface area (Å²) in [7, 11) is 0. The minimum absolute atomic E-state index is 0.260. The van der Waals surface area contributed by atoms with Crippen molar-refractivity contribution in [3.8, 4) is 0 Å². The van der Waals surface area contributed by atoms with Gasteiger partial charge in [0.05, 0.1) is 0 Å². The fraction of sp³-hybridized carbons (Fsp3) is 0.375. The molecule has 1 aromatic rings. The van der Waals surface area contributed by atoms with Crippen molar-refractivity contribution < 1.29 is 14.3 Å². The van der Waals surface area contributed by atoms with E-state index in [0.29, 0.717) is 19.4 Å². The average Bonchev–Trinajstić information content (AvgIpc) is 3.01. The fourth-order valence-corrected chi connectivity index (χ4v) is 2.20. The normalized spacial score (nSPS) is 19.5. The molecular weight excluding hydrogens is 268 g/mol. The molecule has 1 aliphatic heterocycles. The molecule has 112 valence electrons. The van der Waals surface area contributed by atoms with Crippen molar-refractivity contribution in [2.24, 2.45) is 5.73 Å². The van der Waals surface area contributed by atoms with E-state index in [9.17, 15) is 9.59 Å². The maximum Gasteiger partial charge on any atom is 0.249 e. The zero-order chi connectivity index (χ0) is 15.1. The average molecular weight is 288 g/mol. The van der Waals surface area contributed by atoms with Gasteiger partial charge < -0.3 is 15.8 Å². The fourth-order valence-electron chi connectivity index (χ4n) is 2.20. The zero-order valence-electron chi connectivity index (χ0n) is 11.8. The predicted molar refractivity (Wildman–Crippen MR) is 80.2 cm³/mol. The quantitative estimate of drug-likeness (QED) is 0.826. The van der Waals surface area contributed by atoms with Gasteiger partial charge in [0.1, 0.15) is 12.1 Å². The van der Waals surface area contributed by atoms with Crippen molar-refractivity contribution in [2.75, 3.05) is 6.61 Å². The first-order valence-electron chi connectivity index (χ1n) is 7.09. The summed E-state index contributed by atoms with van der Waals surface area (Å²) in [5, 5.41) is 2.65. The second kappa shape index (κ2) is 7.59. The van der Waals surface area contributed by atoms with Crippen LogP contribution in [0.3, 0.4) is 0 Å². The molecule has 0 bridgehead atoms. The van der Waals surface area contributed by atoms with E-state index in [1.165, 1.54) is 0 Å². The molecule has 3 N–H and O–H groups in total. The molecule has 2 amide bonds. The first-order chi connectivity index (χ1) is 10.2. The summed E-state index contributed by atoms with van der Waals surface area (Å²) < 4.78 is 5.29. The summed E-state index contributed by atoms with van der Waals surface area (Å²) in [5.41, 5.74) is 6.37. The Bertz CT molecular complexity index is 508. The van der Waals surface area contributed by atoms with Gasteiger partial charge in [-0.25, -0.2) is 0 Å². The third kappa shape index (κ3) is 4.72. The van der Waals surface area contributed by atoms with Crippen LogP contribution in [0.4, 0.5) is 0 Å². The zero-order valence-corrected chi connectivity index (χ0v) is 11.8. The Balaban J connectivity index is 1.88. The Kier molecular flexibility index (Phi) is 5.51. The van der Waals surface area contributed by atoms with Crippen molar-refractivity contribution in [3.05, 3.63) is 42.0 Å². The minimum Gasteiger partial charge on any atom is -0.368 e. The predicted octanol–water partition coefficient (Wildman–Crippen LogP) is 1.24. The number of hydrogen-bond acceptors (Lipinski definition) is 3. The van der Waals surface area contributed by atoms with Crippen LogP contribution in [0.15, 0.2) is 36.4 Å². The molecule has 0 aromatic heterocycles. The standard InChI is InChI=1S/C16H20N2O3/c17-15(19)13(18-16(20)14-10-5-11-21-14)9-4-8-12-6-2-1-3-7-12/h1-4,6-8,13-14H,5,9-11H2,(H2,17,19)(H,18,20)/b8-4+/t13-,14-/m0/s1. The van der Waals surface area contributed by atoms with E-state index >= 15 is 0 Å². The number of hydrogen-bond donors (Lipinski definition) is 2. The molecule has 0 unspecified atom stereocenters. The number of nitrogens with two attached hydrogens (primary N) is 1. The topological polar surface area (TPSA) is 81.4 Å². The van der Waals surface area contributed by atoms with Crippen LogP contribution >= 0.6 is 0 Å². The SMILES string of the molecule is NC(=O)[C@H](C/C=C/c1ccccc1)NC(=O)[C@@H]1CCCO1. The van der Waals surface area contributed by atoms with Crippen molar-refractivity contribution in [1.29, 1.82) is 0 Å². The van der Waals surface area contributed by atoms with Gasteiger partial charge in [-0.1, -0.05) is 42.5 Å². The van der Waals surface area contributed by atoms with E-state index in [4.69, 9.17) is 10.5 Å². The number of ether oxygens (including phenoxy) is 1. The maximum absolute atomic E-state index is 11.9. The van der Waals surface area contributed by atoms with Crippen LogP contribution in [0, 0.1) is 0 Å². The van der Waals surface area contributed by atoms with E-state index in [1.54, 1.807) is 0 Å². The summed E-state index contributed by atoms with van der Waals surface area (Å²) in [6.45, 7) is 0.591. The smallest absolute Gasteiger partial charge is 0.249 e. The summed E-state index contributed by atoms with van der Waals surface area (Å²) >= 11 is 0. The number of carbonyl (C=O) groups excluding carboxylic acids is 2. The Labute approximate surface area is 124 Å². The number of rotatable bonds is 6. The maximum atomic E-state index is 11.9. The molecule has 5 heteroatoms. The lowest BCUT2D eigenvalue weighted by Crippen LogP contribution is -2.47. The summed E-state index contributed by atoms with van der Waals surface area (Å²) in [6, 6.07) is 9.02. The summed E-state index contributed by atoms with van der Waals surface area (Å²) in [5.74, 6) is -0.802. The van der Waals surface area contributed by atoms with Gasteiger partial charge in [0.15, 0.2) is 0 Å². The highest BCUT2D eigenvalue weighted by molar-refractivity contribution is 5.88. The molecule has 2 atom stereocenters. The third-order valence-corrected chi connectivity index (χ3v) is 3.36.